The van der Waals surface area contributed by atoms with Gasteiger partial charge in [-0.3, -0.25) is 0 Å². The Kier molecular flexibility index (Phi) is 2.29. The van der Waals surface area contributed by atoms with Crippen LogP contribution in [0.4, 0.5) is 4.39 Å². The average molecular weight is 194 g/mol. The van der Waals surface area contributed by atoms with Crippen molar-refractivity contribution < 1.29 is 4.39 Å². The van der Waals surface area contributed by atoms with Crippen LogP contribution < -0.4 is 0 Å². The van der Waals surface area contributed by atoms with Gasteiger partial charge in [0.05, 0.1) is 0 Å². The molecule has 0 aromatic rings. The van der Waals surface area contributed by atoms with Crippen molar-refractivity contribution in [1.82, 2.24) is 0 Å². The van der Waals surface area contributed by atoms with Crippen molar-refractivity contribution in [1.29, 1.82) is 0 Å². The van der Waals surface area contributed by atoms with Crippen LogP contribution >= 0.6 is 0 Å². The molecule has 0 aliphatic heterocycles. The van der Waals surface area contributed by atoms with Crippen LogP contribution in [0.15, 0.2) is 23.0 Å². The third kappa shape index (κ3) is 1.18. The zero-order chi connectivity index (χ0) is 10.3. The first-order chi connectivity index (χ1) is 6.58. The molecule has 2 aliphatic carbocycles. The Morgan fingerprint density at radius 2 is 2.07 bits per heavy atom. The SMILES string of the molecule is CC1=C2CCC1(C(C)C)CCC=C2F. The normalized spacial score (nSPS) is 32.2. The molecule has 0 spiro atoms. The van der Waals surface area contributed by atoms with E-state index in [2.05, 4.69) is 20.8 Å². The van der Waals surface area contributed by atoms with Crippen molar-refractivity contribution in [2.45, 2.75) is 46.5 Å². The Bertz CT molecular complexity index is 309. The summed E-state index contributed by atoms with van der Waals surface area (Å²) in [5.74, 6) is 0.696. The van der Waals surface area contributed by atoms with Crippen molar-refractivity contribution in [2.24, 2.45) is 11.3 Å². The Balaban J connectivity index is 2.46. The maximum atomic E-state index is 13.6. The molecule has 2 aliphatic rings. The molecule has 0 aromatic heterocycles. The minimum atomic E-state index is 0.0579. The maximum absolute atomic E-state index is 13.6. The molecule has 0 amide bonds. The number of hydrogen-bond acceptors (Lipinski definition) is 0. The maximum Gasteiger partial charge on any atom is 0.122 e. The Labute approximate surface area is 85.9 Å². The summed E-state index contributed by atoms with van der Waals surface area (Å²) in [7, 11) is 0. The molecule has 78 valence electrons. The van der Waals surface area contributed by atoms with Gasteiger partial charge >= 0.3 is 0 Å². The highest BCUT2D eigenvalue weighted by Crippen LogP contribution is 2.54. The predicted octanol–water partition coefficient (Wildman–Crippen LogP) is 4.39. The third-order valence-corrected chi connectivity index (χ3v) is 4.33. The van der Waals surface area contributed by atoms with Gasteiger partial charge in [0.25, 0.3) is 0 Å². The molecule has 2 bridgehead atoms. The van der Waals surface area contributed by atoms with E-state index in [0.717, 1.165) is 31.3 Å². The standard InChI is InChI=1S/C13H19F/c1-9(2)13-7-4-5-12(14)11(6-8-13)10(13)3/h5,9H,4,6-8H2,1-3H3. The smallest absolute Gasteiger partial charge is 0.122 e. The summed E-state index contributed by atoms with van der Waals surface area (Å²) in [5.41, 5.74) is 2.65. The second kappa shape index (κ2) is 3.22. The molecule has 0 aromatic carbocycles. The van der Waals surface area contributed by atoms with E-state index in [1.54, 1.807) is 6.08 Å². The highest BCUT2D eigenvalue weighted by molar-refractivity contribution is 5.40. The summed E-state index contributed by atoms with van der Waals surface area (Å²) >= 11 is 0. The first-order valence-electron chi connectivity index (χ1n) is 5.64. The zero-order valence-electron chi connectivity index (χ0n) is 9.36. The molecule has 0 heterocycles. The Hall–Kier alpha value is -0.590. The Morgan fingerprint density at radius 3 is 2.71 bits per heavy atom. The molecule has 0 N–H and O–H groups in total. The summed E-state index contributed by atoms with van der Waals surface area (Å²) < 4.78 is 13.6. The lowest BCUT2D eigenvalue weighted by Crippen LogP contribution is -2.25. The van der Waals surface area contributed by atoms with Gasteiger partial charge in [-0.25, -0.2) is 4.39 Å². The Morgan fingerprint density at radius 1 is 1.36 bits per heavy atom. The second-order valence-corrected chi connectivity index (χ2v) is 5.01. The van der Waals surface area contributed by atoms with E-state index in [1.807, 2.05) is 0 Å². The van der Waals surface area contributed by atoms with Crippen molar-refractivity contribution in [3.63, 3.8) is 0 Å². The van der Waals surface area contributed by atoms with Crippen LogP contribution in [0.2, 0.25) is 0 Å². The van der Waals surface area contributed by atoms with Crippen molar-refractivity contribution >= 4 is 0 Å². The van der Waals surface area contributed by atoms with E-state index in [-0.39, 0.29) is 5.83 Å². The molecule has 0 nitrogen and oxygen atoms in total. The van der Waals surface area contributed by atoms with Gasteiger partial charge in [-0.2, -0.15) is 0 Å². The monoisotopic (exact) mass is 194 g/mol. The molecular formula is C13H19F. The minimum absolute atomic E-state index is 0.0579. The topological polar surface area (TPSA) is 0 Å². The van der Waals surface area contributed by atoms with Crippen molar-refractivity contribution in [3.05, 3.63) is 23.0 Å². The lowest BCUT2D eigenvalue weighted by Gasteiger charge is -2.35. The fourth-order valence-electron chi connectivity index (χ4n) is 3.22. The zero-order valence-corrected chi connectivity index (χ0v) is 9.36. The summed E-state index contributed by atoms with van der Waals surface area (Å²) in [6.07, 6.45) is 5.93. The number of hydrogen-bond donors (Lipinski definition) is 0. The van der Waals surface area contributed by atoms with E-state index in [1.165, 1.54) is 5.57 Å². The van der Waals surface area contributed by atoms with Crippen LogP contribution in [0.1, 0.15) is 46.5 Å². The van der Waals surface area contributed by atoms with E-state index < -0.39 is 0 Å². The number of rotatable bonds is 1. The molecule has 2 rings (SSSR count). The van der Waals surface area contributed by atoms with Gasteiger partial charge in [0.15, 0.2) is 0 Å². The van der Waals surface area contributed by atoms with Crippen LogP contribution in [0, 0.1) is 11.3 Å². The largest absolute Gasteiger partial charge is 0.207 e. The van der Waals surface area contributed by atoms with Crippen molar-refractivity contribution in [2.75, 3.05) is 0 Å². The molecule has 14 heavy (non-hydrogen) atoms. The van der Waals surface area contributed by atoms with E-state index >= 15 is 0 Å². The lowest BCUT2D eigenvalue weighted by molar-refractivity contribution is 0.224. The summed E-state index contributed by atoms with van der Waals surface area (Å²) in [6.45, 7) is 6.69. The van der Waals surface area contributed by atoms with Gasteiger partial charge in [0, 0.05) is 0 Å². The summed E-state index contributed by atoms with van der Waals surface area (Å²) in [4.78, 5) is 0. The van der Waals surface area contributed by atoms with Crippen LogP contribution in [-0.2, 0) is 0 Å². The number of halogens is 1. The van der Waals surface area contributed by atoms with E-state index in [0.29, 0.717) is 11.3 Å². The molecule has 1 unspecified atom stereocenters. The van der Waals surface area contributed by atoms with Crippen LogP contribution in [0.5, 0.6) is 0 Å². The lowest BCUT2D eigenvalue weighted by atomic mass is 9.69. The molecule has 0 fully saturated rings. The summed E-state index contributed by atoms with van der Waals surface area (Å²) in [6, 6.07) is 0. The molecule has 0 saturated heterocycles. The van der Waals surface area contributed by atoms with Gasteiger partial charge in [-0.1, -0.05) is 19.4 Å². The van der Waals surface area contributed by atoms with Gasteiger partial charge in [-0.05, 0) is 55.6 Å². The fourth-order valence-corrected chi connectivity index (χ4v) is 3.22. The first-order valence-corrected chi connectivity index (χ1v) is 5.64. The van der Waals surface area contributed by atoms with Gasteiger partial charge < -0.3 is 0 Å². The van der Waals surface area contributed by atoms with Crippen LogP contribution in [-0.4, -0.2) is 0 Å². The van der Waals surface area contributed by atoms with Crippen LogP contribution in [0.25, 0.3) is 0 Å². The second-order valence-electron chi connectivity index (χ2n) is 5.01. The first kappa shape index (κ1) is 9.95. The van der Waals surface area contributed by atoms with Gasteiger partial charge in [0.1, 0.15) is 5.83 Å². The van der Waals surface area contributed by atoms with Crippen LogP contribution in [0.3, 0.4) is 0 Å². The molecule has 0 saturated carbocycles. The molecule has 1 heteroatoms. The minimum Gasteiger partial charge on any atom is -0.207 e. The fraction of sp³-hybridized carbons (Fsp3) is 0.692. The highest BCUT2D eigenvalue weighted by Gasteiger charge is 2.42. The number of fused-ring (bicyclic) bond motifs is 1. The van der Waals surface area contributed by atoms with Gasteiger partial charge in [0.2, 0.25) is 0 Å². The van der Waals surface area contributed by atoms with Crippen molar-refractivity contribution in [3.8, 4) is 0 Å². The molecule has 0 radical (unpaired) electrons. The number of allylic oxidation sites excluding steroid dienone is 4. The third-order valence-electron chi connectivity index (χ3n) is 4.33. The van der Waals surface area contributed by atoms with E-state index in [4.69, 9.17) is 0 Å². The van der Waals surface area contributed by atoms with E-state index in [9.17, 15) is 4.39 Å². The highest BCUT2D eigenvalue weighted by atomic mass is 19.1. The molecular weight excluding hydrogens is 175 g/mol. The average Bonchev–Trinajstić information content (AvgIpc) is 2.36. The molecule has 1 atom stereocenters. The van der Waals surface area contributed by atoms with Gasteiger partial charge in [-0.15, -0.1) is 0 Å². The quantitative estimate of drug-likeness (QED) is 0.581. The predicted molar refractivity (Wildman–Crippen MR) is 57.6 cm³/mol. The summed E-state index contributed by atoms with van der Waals surface area (Å²) in [5, 5.41) is 0.